The zero-order valence-corrected chi connectivity index (χ0v) is 22.3. The number of rotatable bonds is 10. The molecule has 1 aliphatic heterocycles. The molecule has 0 atom stereocenters. The van der Waals surface area contributed by atoms with E-state index >= 15 is 0 Å². The van der Waals surface area contributed by atoms with Gasteiger partial charge in [-0.3, -0.25) is 14.4 Å². The van der Waals surface area contributed by atoms with E-state index in [4.69, 9.17) is 14.6 Å². The smallest absolute Gasteiger partial charge is 0.291 e. The molecule has 206 valence electrons. The summed E-state index contributed by atoms with van der Waals surface area (Å²) in [7, 11) is -1.97. The van der Waals surface area contributed by atoms with E-state index in [1.807, 2.05) is 0 Å². The first kappa shape index (κ1) is 26.4. The van der Waals surface area contributed by atoms with Gasteiger partial charge in [-0.15, -0.1) is 5.10 Å². The molecule has 39 heavy (non-hydrogen) atoms. The van der Waals surface area contributed by atoms with Crippen LogP contribution in [0.15, 0.2) is 47.7 Å². The Hall–Kier alpha value is -4.21. The summed E-state index contributed by atoms with van der Waals surface area (Å²) < 4.78 is 38.6. The second-order valence-electron chi connectivity index (χ2n) is 8.88. The van der Waals surface area contributed by atoms with E-state index in [0.29, 0.717) is 40.8 Å². The number of aromatic amines is 1. The standard InChI is InChI=1S/C24H29N9O5S/c1-37-20-13-16(31-39(2,35)36)3-4-18(20)33-19-14-21(29-23-24(34)27-6-5-25-23)28-15-17(19)22(30-33)26-7-8-32-9-11-38-12-10-32/h3-6,13-15,31H,7-12H2,1-2H3,(H,26,30)(H,27,34)(H,25,28,29). The van der Waals surface area contributed by atoms with Gasteiger partial charge in [-0.2, -0.15) is 0 Å². The van der Waals surface area contributed by atoms with Crippen molar-refractivity contribution < 1.29 is 17.9 Å². The Morgan fingerprint density at radius 2 is 1.97 bits per heavy atom. The molecule has 0 saturated carbocycles. The molecule has 4 aromatic rings. The van der Waals surface area contributed by atoms with Crippen LogP contribution in [0, 0.1) is 0 Å². The summed E-state index contributed by atoms with van der Waals surface area (Å²) in [5.74, 6) is 1.52. The van der Waals surface area contributed by atoms with Gasteiger partial charge < -0.3 is 25.1 Å². The van der Waals surface area contributed by atoms with E-state index in [9.17, 15) is 13.2 Å². The number of hydrogen-bond donors (Lipinski definition) is 4. The van der Waals surface area contributed by atoms with E-state index in [1.165, 1.54) is 19.5 Å². The molecule has 0 amide bonds. The van der Waals surface area contributed by atoms with Crippen molar-refractivity contribution in [3.8, 4) is 11.4 Å². The van der Waals surface area contributed by atoms with Crippen LogP contribution < -0.4 is 25.7 Å². The molecule has 15 heteroatoms. The third kappa shape index (κ3) is 6.27. The van der Waals surface area contributed by atoms with Crippen LogP contribution in [0.5, 0.6) is 5.75 Å². The van der Waals surface area contributed by atoms with Gasteiger partial charge in [-0.25, -0.2) is 23.1 Å². The summed E-state index contributed by atoms with van der Waals surface area (Å²) in [6.07, 6.45) is 5.67. The maximum atomic E-state index is 12.1. The van der Waals surface area contributed by atoms with E-state index < -0.39 is 10.0 Å². The Labute approximate surface area is 224 Å². The molecule has 0 bridgehead atoms. The minimum atomic E-state index is -3.47. The summed E-state index contributed by atoms with van der Waals surface area (Å²) in [4.78, 5) is 25.6. The van der Waals surface area contributed by atoms with Gasteiger partial charge in [0, 0.05) is 56.9 Å². The number of H-pyrrole nitrogens is 1. The first-order valence-electron chi connectivity index (χ1n) is 12.2. The van der Waals surface area contributed by atoms with Crippen molar-refractivity contribution >= 4 is 44.1 Å². The lowest BCUT2D eigenvalue weighted by Crippen LogP contribution is -2.39. The number of nitrogens with one attached hydrogen (secondary N) is 4. The lowest BCUT2D eigenvalue weighted by molar-refractivity contribution is 0.0398. The van der Waals surface area contributed by atoms with Crippen LogP contribution in [0.2, 0.25) is 0 Å². The highest BCUT2D eigenvalue weighted by Gasteiger charge is 2.18. The average Bonchev–Trinajstić information content (AvgIpc) is 3.27. The average molecular weight is 556 g/mol. The second kappa shape index (κ2) is 11.3. The lowest BCUT2D eigenvalue weighted by Gasteiger charge is -2.26. The number of benzene rings is 1. The van der Waals surface area contributed by atoms with Gasteiger partial charge in [-0.05, 0) is 12.1 Å². The first-order valence-corrected chi connectivity index (χ1v) is 14.1. The number of nitrogens with zero attached hydrogens (tertiary/aromatic N) is 5. The number of aromatic nitrogens is 5. The summed E-state index contributed by atoms with van der Waals surface area (Å²) in [5.41, 5.74) is 1.23. The number of methoxy groups -OCH3 is 1. The van der Waals surface area contributed by atoms with Crippen LogP contribution in [0.3, 0.4) is 0 Å². The van der Waals surface area contributed by atoms with Crippen LogP contribution in [0.1, 0.15) is 0 Å². The lowest BCUT2D eigenvalue weighted by atomic mass is 10.2. The number of morpholine rings is 1. The fourth-order valence-corrected chi connectivity index (χ4v) is 4.80. The maximum absolute atomic E-state index is 12.1. The maximum Gasteiger partial charge on any atom is 0.291 e. The quantitative estimate of drug-likeness (QED) is 0.223. The summed E-state index contributed by atoms with van der Waals surface area (Å²) >= 11 is 0. The molecule has 14 nitrogen and oxygen atoms in total. The SMILES string of the molecule is COc1cc(NS(C)(=O)=O)ccc1-n1nc(NCCN2CCOCC2)c2cnc(Nc3ncc[nH]c3=O)cc21. The predicted octanol–water partition coefficient (Wildman–Crippen LogP) is 1.37. The summed E-state index contributed by atoms with van der Waals surface area (Å²) in [6.45, 7) is 4.68. The molecule has 1 fully saturated rings. The van der Waals surface area contributed by atoms with Gasteiger partial charge in [-0.1, -0.05) is 0 Å². The molecule has 4 heterocycles. The molecule has 0 spiro atoms. The molecule has 0 unspecified atom stereocenters. The van der Waals surface area contributed by atoms with Gasteiger partial charge in [0.15, 0.2) is 11.6 Å². The Bertz CT molecular complexity index is 1630. The molecule has 0 radical (unpaired) electrons. The van der Waals surface area contributed by atoms with E-state index in [2.05, 4.69) is 35.2 Å². The number of sulfonamides is 1. The third-order valence-corrected chi connectivity index (χ3v) is 6.66. The fraction of sp³-hybridized carbons (Fsp3) is 0.333. The highest BCUT2D eigenvalue weighted by atomic mass is 32.2. The summed E-state index contributed by atoms with van der Waals surface area (Å²) in [6, 6.07) is 6.69. The fourth-order valence-electron chi connectivity index (χ4n) is 4.24. The van der Waals surface area contributed by atoms with Crippen LogP contribution in [0.4, 0.5) is 23.1 Å². The van der Waals surface area contributed by atoms with Crippen molar-refractivity contribution in [2.24, 2.45) is 0 Å². The van der Waals surface area contributed by atoms with E-state index in [-0.39, 0.29) is 11.4 Å². The van der Waals surface area contributed by atoms with Gasteiger partial charge in [0.05, 0.1) is 43.2 Å². The highest BCUT2D eigenvalue weighted by Crippen LogP contribution is 2.33. The predicted molar refractivity (Wildman–Crippen MR) is 148 cm³/mol. The largest absolute Gasteiger partial charge is 0.494 e. The highest BCUT2D eigenvalue weighted by molar-refractivity contribution is 7.92. The molecule has 1 saturated heterocycles. The van der Waals surface area contributed by atoms with Gasteiger partial charge in [0.1, 0.15) is 17.3 Å². The summed E-state index contributed by atoms with van der Waals surface area (Å²) in [5, 5.41) is 11.9. The number of anilines is 4. The number of pyridine rings is 1. The molecule has 5 rings (SSSR count). The monoisotopic (exact) mass is 555 g/mol. The Morgan fingerprint density at radius 1 is 1.15 bits per heavy atom. The van der Waals surface area contributed by atoms with Crippen LogP contribution >= 0.6 is 0 Å². The van der Waals surface area contributed by atoms with Crippen molar-refractivity contribution in [2.75, 3.05) is 68.1 Å². The van der Waals surface area contributed by atoms with Gasteiger partial charge in [0.25, 0.3) is 5.56 Å². The van der Waals surface area contributed by atoms with Gasteiger partial charge >= 0.3 is 0 Å². The normalized spacial score (nSPS) is 14.3. The molecule has 3 aromatic heterocycles. The van der Waals surface area contributed by atoms with Crippen LogP contribution in [-0.4, -0.2) is 90.8 Å². The third-order valence-electron chi connectivity index (χ3n) is 6.05. The van der Waals surface area contributed by atoms with Crippen molar-refractivity contribution in [3.63, 3.8) is 0 Å². The van der Waals surface area contributed by atoms with Crippen LogP contribution in [0.25, 0.3) is 16.6 Å². The first-order chi connectivity index (χ1) is 18.8. The molecule has 1 aromatic carbocycles. The number of ether oxygens (including phenoxy) is 2. The molecule has 1 aliphatic rings. The Balaban J connectivity index is 1.52. The van der Waals surface area contributed by atoms with Crippen LogP contribution in [-0.2, 0) is 14.8 Å². The molecular formula is C24H29N9O5S. The van der Waals surface area contributed by atoms with Crippen molar-refractivity contribution in [2.45, 2.75) is 0 Å². The minimum absolute atomic E-state index is 0.105. The minimum Gasteiger partial charge on any atom is -0.494 e. The topological polar surface area (TPSA) is 168 Å². The van der Waals surface area contributed by atoms with Crippen molar-refractivity contribution in [1.29, 1.82) is 0 Å². The Morgan fingerprint density at radius 3 is 2.72 bits per heavy atom. The van der Waals surface area contributed by atoms with Crippen molar-refractivity contribution in [3.05, 3.63) is 53.2 Å². The molecule has 0 aliphatic carbocycles. The zero-order valence-electron chi connectivity index (χ0n) is 21.5. The zero-order chi connectivity index (χ0) is 27.4. The number of hydrogen-bond acceptors (Lipinski definition) is 11. The molecule has 4 N–H and O–H groups in total. The Kier molecular flexibility index (Phi) is 7.63. The second-order valence-corrected chi connectivity index (χ2v) is 10.6. The van der Waals surface area contributed by atoms with Gasteiger partial charge in [0.2, 0.25) is 10.0 Å². The number of fused-ring (bicyclic) bond motifs is 1. The van der Waals surface area contributed by atoms with E-state index in [0.717, 1.165) is 44.5 Å². The molecular weight excluding hydrogens is 526 g/mol. The van der Waals surface area contributed by atoms with E-state index in [1.54, 1.807) is 35.1 Å². The van der Waals surface area contributed by atoms with Crippen molar-refractivity contribution in [1.82, 2.24) is 29.6 Å².